The van der Waals surface area contributed by atoms with Crippen LogP contribution in [0.5, 0.6) is 11.5 Å². The standard InChI is InChI=1S/C26H26N2O3/c1-5-11-22-15-20(17-24(30-7-3)25(22)31-14-6-2)16-23(18-27)26(29)28-19(4)21-12-9-8-10-13-21/h2,5,8-10,12-13,15-17,19H,1,7,11,14H2,3-4H3,(H,28,29)/b23-16-/t19-/m1/s1. The molecular formula is C26H26N2O3. The zero-order valence-electron chi connectivity index (χ0n) is 17.9. The molecule has 31 heavy (non-hydrogen) atoms. The predicted octanol–water partition coefficient (Wildman–Crippen LogP) is 4.61. The first-order chi connectivity index (χ1) is 15.0. The summed E-state index contributed by atoms with van der Waals surface area (Å²) in [4.78, 5) is 12.7. The number of rotatable bonds is 10. The molecule has 1 N–H and O–H groups in total. The van der Waals surface area contributed by atoms with Gasteiger partial charge in [0.05, 0.1) is 12.6 Å². The summed E-state index contributed by atoms with van der Waals surface area (Å²) in [6.07, 6.45) is 9.11. The van der Waals surface area contributed by atoms with Crippen LogP contribution in [0.15, 0.2) is 60.7 Å². The number of hydrogen-bond donors (Lipinski definition) is 1. The highest BCUT2D eigenvalue weighted by atomic mass is 16.5. The lowest BCUT2D eigenvalue weighted by Gasteiger charge is -2.16. The van der Waals surface area contributed by atoms with Crippen molar-refractivity contribution in [1.29, 1.82) is 5.26 Å². The van der Waals surface area contributed by atoms with Crippen molar-refractivity contribution >= 4 is 12.0 Å². The van der Waals surface area contributed by atoms with Crippen molar-refractivity contribution in [3.05, 3.63) is 77.4 Å². The summed E-state index contributed by atoms with van der Waals surface area (Å²) in [6, 6.07) is 14.9. The van der Waals surface area contributed by atoms with E-state index in [4.69, 9.17) is 15.9 Å². The number of carbonyl (C=O) groups is 1. The van der Waals surface area contributed by atoms with Crippen LogP contribution in [0.3, 0.4) is 0 Å². The monoisotopic (exact) mass is 414 g/mol. The molecule has 0 spiro atoms. The molecule has 2 aromatic rings. The predicted molar refractivity (Wildman–Crippen MR) is 122 cm³/mol. The Hall–Kier alpha value is -3.96. The Kier molecular flexibility index (Phi) is 8.95. The summed E-state index contributed by atoms with van der Waals surface area (Å²) < 4.78 is 11.4. The van der Waals surface area contributed by atoms with Gasteiger partial charge in [0.2, 0.25) is 0 Å². The highest BCUT2D eigenvalue weighted by molar-refractivity contribution is 6.02. The van der Waals surface area contributed by atoms with Gasteiger partial charge in [0.15, 0.2) is 11.5 Å². The molecule has 0 aliphatic rings. The normalized spacial score (nSPS) is 11.5. The molecule has 2 aromatic carbocycles. The number of nitrogens with one attached hydrogen (secondary N) is 1. The number of carbonyl (C=O) groups excluding carboxylic acids is 1. The van der Waals surface area contributed by atoms with Gasteiger partial charge in [-0.1, -0.05) is 42.3 Å². The van der Waals surface area contributed by atoms with E-state index in [-0.39, 0.29) is 18.2 Å². The van der Waals surface area contributed by atoms with E-state index < -0.39 is 5.91 Å². The third-order valence-electron chi connectivity index (χ3n) is 4.44. The molecule has 0 aliphatic carbocycles. The van der Waals surface area contributed by atoms with E-state index in [1.807, 2.05) is 56.3 Å². The van der Waals surface area contributed by atoms with Crippen LogP contribution >= 0.6 is 0 Å². The SMILES string of the molecule is C#CCOc1c(CC=C)cc(/C=C(/C#N)C(=O)N[C@H](C)c2ccccc2)cc1OCC. The van der Waals surface area contributed by atoms with E-state index in [0.717, 1.165) is 11.1 Å². The molecule has 0 bridgehead atoms. The number of allylic oxidation sites excluding steroid dienone is 1. The van der Waals surface area contributed by atoms with E-state index in [0.29, 0.717) is 30.1 Å². The van der Waals surface area contributed by atoms with Crippen LogP contribution < -0.4 is 14.8 Å². The van der Waals surface area contributed by atoms with Crippen molar-refractivity contribution in [2.24, 2.45) is 0 Å². The van der Waals surface area contributed by atoms with Crippen LogP contribution in [0.25, 0.3) is 6.08 Å². The third-order valence-corrected chi connectivity index (χ3v) is 4.44. The van der Waals surface area contributed by atoms with Crippen LogP contribution in [-0.4, -0.2) is 19.1 Å². The number of benzene rings is 2. The second-order valence-electron chi connectivity index (χ2n) is 6.70. The molecule has 0 fully saturated rings. The first-order valence-electron chi connectivity index (χ1n) is 9.98. The van der Waals surface area contributed by atoms with Crippen LogP contribution in [0.2, 0.25) is 0 Å². The van der Waals surface area contributed by atoms with Crippen molar-refractivity contribution in [3.63, 3.8) is 0 Å². The van der Waals surface area contributed by atoms with Crippen LogP contribution in [0.4, 0.5) is 0 Å². The van der Waals surface area contributed by atoms with Crippen molar-refractivity contribution in [2.75, 3.05) is 13.2 Å². The molecule has 0 aliphatic heterocycles. The van der Waals surface area contributed by atoms with Gasteiger partial charge in [-0.05, 0) is 49.6 Å². The molecule has 0 aromatic heterocycles. The van der Waals surface area contributed by atoms with Crippen LogP contribution in [0.1, 0.15) is 36.6 Å². The quantitative estimate of drug-likeness (QED) is 0.267. The maximum absolute atomic E-state index is 12.7. The zero-order valence-corrected chi connectivity index (χ0v) is 17.9. The number of nitrogens with zero attached hydrogens (tertiary/aromatic N) is 1. The average molecular weight is 415 g/mol. The molecule has 0 saturated carbocycles. The molecule has 2 rings (SSSR count). The topological polar surface area (TPSA) is 71.3 Å². The number of amides is 1. The maximum Gasteiger partial charge on any atom is 0.262 e. The highest BCUT2D eigenvalue weighted by Gasteiger charge is 2.16. The van der Waals surface area contributed by atoms with E-state index in [9.17, 15) is 10.1 Å². The molecule has 158 valence electrons. The smallest absolute Gasteiger partial charge is 0.262 e. The van der Waals surface area contributed by atoms with Crippen LogP contribution in [-0.2, 0) is 11.2 Å². The summed E-state index contributed by atoms with van der Waals surface area (Å²) in [6.45, 7) is 8.04. The molecular weight excluding hydrogens is 388 g/mol. The van der Waals surface area contributed by atoms with Crippen molar-refractivity contribution < 1.29 is 14.3 Å². The second-order valence-corrected chi connectivity index (χ2v) is 6.70. The van der Waals surface area contributed by atoms with Gasteiger partial charge in [-0.3, -0.25) is 4.79 Å². The first-order valence-corrected chi connectivity index (χ1v) is 9.98. The molecule has 0 radical (unpaired) electrons. The number of nitriles is 1. The van der Waals surface area contributed by atoms with Crippen LogP contribution in [0, 0.1) is 23.7 Å². The Labute approximate surface area is 184 Å². The molecule has 5 heteroatoms. The van der Waals surface area contributed by atoms with Gasteiger partial charge < -0.3 is 14.8 Å². The fourth-order valence-corrected chi connectivity index (χ4v) is 3.03. The minimum absolute atomic E-state index is 0.00734. The van der Waals surface area contributed by atoms with E-state index in [1.165, 1.54) is 6.08 Å². The van der Waals surface area contributed by atoms with Gasteiger partial charge in [0.1, 0.15) is 18.2 Å². The minimum Gasteiger partial charge on any atom is -0.490 e. The molecule has 0 heterocycles. The van der Waals surface area contributed by atoms with Crippen molar-refractivity contribution in [1.82, 2.24) is 5.32 Å². The summed E-state index contributed by atoms with van der Waals surface area (Å²) in [5.74, 6) is 3.03. The van der Waals surface area contributed by atoms with Gasteiger partial charge in [0, 0.05) is 5.56 Å². The Balaban J connectivity index is 2.37. The third kappa shape index (κ3) is 6.52. The lowest BCUT2D eigenvalue weighted by atomic mass is 10.0. The first kappa shape index (κ1) is 23.3. The van der Waals surface area contributed by atoms with Gasteiger partial charge in [-0.25, -0.2) is 0 Å². The maximum atomic E-state index is 12.7. The Morgan fingerprint density at radius 1 is 1.29 bits per heavy atom. The highest BCUT2D eigenvalue weighted by Crippen LogP contribution is 2.34. The van der Waals surface area contributed by atoms with Gasteiger partial charge in [0.25, 0.3) is 5.91 Å². The number of hydrogen-bond acceptors (Lipinski definition) is 4. The van der Waals surface area contributed by atoms with Gasteiger partial charge in [-0.15, -0.1) is 13.0 Å². The van der Waals surface area contributed by atoms with Crippen molar-refractivity contribution in [3.8, 4) is 29.9 Å². The second kappa shape index (κ2) is 11.9. The van der Waals surface area contributed by atoms with Gasteiger partial charge >= 0.3 is 0 Å². The summed E-state index contributed by atoms with van der Waals surface area (Å²) in [5.41, 5.74) is 2.40. The van der Waals surface area contributed by atoms with Gasteiger partial charge in [-0.2, -0.15) is 5.26 Å². The molecule has 1 atom stereocenters. The lowest BCUT2D eigenvalue weighted by Crippen LogP contribution is -2.27. The fourth-order valence-electron chi connectivity index (χ4n) is 3.03. The Morgan fingerprint density at radius 2 is 2.03 bits per heavy atom. The largest absolute Gasteiger partial charge is 0.490 e. The van der Waals surface area contributed by atoms with E-state index in [2.05, 4.69) is 17.8 Å². The number of terminal acetylenes is 1. The molecule has 5 nitrogen and oxygen atoms in total. The van der Waals surface area contributed by atoms with E-state index in [1.54, 1.807) is 12.1 Å². The number of ether oxygens (including phenoxy) is 2. The molecule has 0 unspecified atom stereocenters. The lowest BCUT2D eigenvalue weighted by molar-refractivity contribution is -0.117. The summed E-state index contributed by atoms with van der Waals surface area (Å²) in [5, 5.41) is 12.4. The zero-order chi connectivity index (χ0) is 22.6. The molecule has 1 amide bonds. The Morgan fingerprint density at radius 3 is 2.65 bits per heavy atom. The summed E-state index contributed by atoms with van der Waals surface area (Å²) in [7, 11) is 0. The minimum atomic E-state index is -0.449. The summed E-state index contributed by atoms with van der Waals surface area (Å²) >= 11 is 0. The van der Waals surface area contributed by atoms with E-state index >= 15 is 0 Å². The average Bonchev–Trinajstić information content (AvgIpc) is 2.77. The Bertz CT molecular complexity index is 1030. The van der Waals surface area contributed by atoms with Crippen molar-refractivity contribution in [2.45, 2.75) is 26.3 Å². The fraction of sp³-hybridized carbons (Fsp3) is 0.231. The molecule has 0 saturated heterocycles.